The van der Waals surface area contributed by atoms with Crippen molar-refractivity contribution in [1.29, 1.82) is 0 Å². The second kappa shape index (κ2) is 6.73. The van der Waals surface area contributed by atoms with Gasteiger partial charge in [0.25, 0.3) is 10.0 Å². The molecule has 1 heterocycles. The molecule has 0 saturated carbocycles. The fourth-order valence-corrected chi connectivity index (χ4v) is 4.16. The number of rotatable bonds is 4. The number of para-hydroxylation sites is 1. The van der Waals surface area contributed by atoms with Crippen LogP contribution in [0.1, 0.15) is 23.0 Å². The van der Waals surface area contributed by atoms with Crippen LogP contribution in [-0.4, -0.2) is 25.0 Å². The van der Waals surface area contributed by atoms with Crippen LogP contribution in [-0.2, 0) is 20.9 Å². The van der Waals surface area contributed by atoms with Crippen molar-refractivity contribution in [3.8, 4) is 0 Å². The van der Waals surface area contributed by atoms with Crippen molar-refractivity contribution in [2.45, 2.75) is 18.0 Å². The van der Waals surface area contributed by atoms with E-state index in [1.165, 1.54) is 12.1 Å². The first kappa shape index (κ1) is 19.0. The summed E-state index contributed by atoms with van der Waals surface area (Å²) in [5.74, 6) is -0.843. The lowest BCUT2D eigenvalue weighted by Crippen LogP contribution is -2.20. The largest absolute Gasteiger partial charge is 0.461 e. The maximum absolute atomic E-state index is 13.1. The zero-order valence-electron chi connectivity index (χ0n) is 14.0. The highest BCUT2D eigenvalue weighted by molar-refractivity contribution is 7.90. The second-order valence-electron chi connectivity index (χ2n) is 5.60. The van der Waals surface area contributed by atoms with E-state index in [1.54, 1.807) is 25.1 Å². The van der Waals surface area contributed by atoms with E-state index in [-0.39, 0.29) is 22.7 Å². The van der Waals surface area contributed by atoms with Crippen LogP contribution in [0, 0.1) is 0 Å². The van der Waals surface area contributed by atoms with E-state index in [9.17, 15) is 26.4 Å². The van der Waals surface area contributed by atoms with Crippen molar-refractivity contribution in [3.05, 3.63) is 65.9 Å². The molecule has 0 amide bonds. The van der Waals surface area contributed by atoms with Crippen LogP contribution in [0.3, 0.4) is 0 Å². The van der Waals surface area contributed by atoms with Gasteiger partial charge in [0.15, 0.2) is 0 Å². The number of nitrogens with zero attached hydrogens (tertiary/aromatic N) is 1. The standard InChI is InChI=1S/C18H14F3NO4S/c1-2-26-17(23)16-11-12-5-3-4-6-15(12)22(16)27(24,25)14-9-7-13(8-10-14)18(19,20)21/h3-11H,2H2,1H3. The maximum Gasteiger partial charge on any atom is 0.416 e. The monoisotopic (exact) mass is 397 g/mol. The average molecular weight is 397 g/mol. The number of ether oxygens (including phenoxy) is 1. The lowest BCUT2D eigenvalue weighted by atomic mass is 10.2. The van der Waals surface area contributed by atoms with Crippen LogP contribution < -0.4 is 0 Å². The number of carbonyl (C=O) groups is 1. The highest BCUT2D eigenvalue weighted by Crippen LogP contribution is 2.31. The molecule has 0 atom stereocenters. The molecule has 0 N–H and O–H groups in total. The topological polar surface area (TPSA) is 65.4 Å². The van der Waals surface area contributed by atoms with Crippen LogP contribution in [0.5, 0.6) is 0 Å². The lowest BCUT2D eigenvalue weighted by molar-refractivity contribution is -0.137. The maximum atomic E-state index is 13.1. The molecule has 5 nitrogen and oxygen atoms in total. The molecule has 1 aromatic heterocycles. The molecule has 3 rings (SSSR count). The summed E-state index contributed by atoms with van der Waals surface area (Å²) in [6, 6.07) is 10.9. The van der Waals surface area contributed by atoms with Gasteiger partial charge in [-0.3, -0.25) is 0 Å². The number of esters is 1. The number of benzene rings is 2. The number of hydrogen-bond acceptors (Lipinski definition) is 4. The predicted octanol–water partition coefficient (Wildman–Crippen LogP) is 4.07. The second-order valence-corrected chi connectivity index (χ2v) is 7.39. The number of fused-ring (bicyclic) bond motifs is 1. The smallest absolute Gasteiger partial charge is 0.416 e. The third-order valence-electron chi connectivity index (χ3n) is 3.87. The third kappa shape index (κ3) is 3.42. The molecule has 0 spiro atoms. The molecule has 0 aliphatic heterocycles. The summed E-state index contributed by atoms with van der Waals surface area (Å²) in [5, 5.41) is 0.482. The quantitative estimate of drug-likeness (QED) is 0.623. The summed E-state index contributed by atoms with van der Waals surface area (Å²) in [6.45, 7) is 1.62. The molecule has 0 bridgehead atoms. The van der Waals surface area contributed by atoms with E-state index in [2.05, 4.69) is 0 Å². The Morgan fingerprint density at radius 2 is 1.70 bits per heavy atom. The highest BCUT2D eigenvalue weighted by Gasteiger charge is 2.32. The van der Waals surface area contributed by atoms with Crippen molar-refractivity contribution in [2.75, 3.05) is 6.61 Å². The minimum absolute atomic E-state index is 0.0423. The Kier molecular flexibility index (Phi) is 4.73. The molecular weight excluding hydrogens is 383 g/mol. The van der Waals surface area contributed by atoms with Gasteiger partial charge in [-0.2, -0.15) is 13.2 Å². The number of aromatic nitrogens is 1. The van der Waals surface area contributed by atoms with Gasteiger partial charge in [0.05, 0.1) is 22.6 Å². The summed E-state index contributed by atoms with van der Waals surface area (Å²) in [7, 11) is -4.33. The molecular formula is C18H14F3NO4S. The minimum atomic E-state index is -4.58. The highest BCUT2D eigenvalue weighted by atomic mass is 32.2. The summed E-state index contributed by atoms with van der Waals surface area (Å²) < 4.78 is 70.1. The van der Waals surface area contributed by atoms with Crippen molar-refractivity contribution >= 4 is 26.9 Å². The summed E-state index contributed by atoms with van der Waals surface area (Å²) in [5.41, 5.74) is -0.970. The molecule has 0 fully saturated rings. The Hall–Kier alpha value is -2.81. The molecule has 3 aromatic rings. The molecule has 0 saturated heterocycles. The summed E-state index contributed by atoms with van der Waals surface area (Å²) in [6.07, 6.45) is -4.58. The van der Waals surface area contributed by atoms with Gasteiger partial charge < -0.3 is 4.74 Å². The molecule has 0 aliphatic carbocycles. The van der Waals surface area contributed by atoms with E-state index in [0.717, 1.165) is 16.1 Å². The SMILES string of the molecule is CCOC(=O)c1cc2ccccc2n1S(=O)(=O)c1ccc(C(F)(F)F)cc1. The molecule has 9 heteroatoms. The lowest BCUT2D eigenvalue weighted by Gasteiger charge is -2.12. The molecule has 0 unspecified atom stereocenters. The van der Waals surface area contributed by atoms with Crippen LogP contribution in [0.15, 0.2) is 59.5 Å². The van der Waals surface area contributed by atoms with Crippen LogP contribution in [0.25, 0.3) is 10.9 Å². The Morgan fingerprint density at radius 3 is 2.30 bits per heavy atom. The fourth-order valence-electron chi connectivity index (χ4n) is 2.66. The zero-order chi connectivity index (χ0) is 19.8. The Balaban J connectivity index is 2.20. The van der Waals surface area contributed by atoms with Gasteiger partial charge in [-0.1, -0.05) is 18.2 Å². The third-order valence-corrected chi connectivity index (χ3v) is 5.61. The van der Waals surface area contributed by atoms with Gasteiger partial charge in [-0.05, 0) is 43.3 Å². The Labute approximate surface area is 153 Å². The van der Waals surface area contributed by atoms with Gasteiger partial charge in [0, 0.05) is 5.39 Å². The molecule has 0 aliphatic rings. The van der Waals surface area contributed by atoms with Crippen LogP contribution in [0.2, 0.25) is 0 Å². The summed E-state index contributed by atoms with van der Waals surface area (Å²) in [4.78, 5) is 11.9. The summed E-state index contributed by atoms with van der Waals surface area (Å²) >= 11 is 0. The van der Waals surface area contributed by atoms with Gasteiger partial charge in [-0.15, -0.1) is 0 Å². The first-order valence-electron chi connectivity index (χ1n) is 7.86. The number of alkyl halides is 3. The molecule has 27 heavy (non-hydrogen) atoms. The van der Waals surface area contributed by atoms with Gasteiger partial charge in [-0.25, -0.2) is 17.2 Å². The van der Waals surface area contributed by atoms with Crippen molar-refractivity contribution in [3.63, 3.8) is 0 Å². The first-order valence-corrected chi connectivity index (χ1v) is 9.30. The fraction of sp³-hybridized carbons (Fsp3) is 0.167. The normalized spacial score (nSPS) is 12.3. The molecule has 2 aromatic carbocycles. The minimum Gasteiger partial charge on any atom is -0.461 e. The van der Waals surface area contributed by atoms with Gasteiger partial charge in [0.1, 0.15) is 5.69 Å². The Morgan fingerprint density at radius 1 is 1.07 bits per heavy atom. The van der Waals surface area contributed by atoms with Crippen molar-refractivity contribution < 1.29 is 31.1 Å². The van der Waals surface area contributed by atoms with E-state index in [1.807, 2.05) is 0 Å². The van der Waals surface area contributed by atoms with Crippen LogP contribution in [0.4, 0.5) is 13.2 Å². The predicted molar refractivity (Wildman–Crippen MR) is 91.9 cm³/mol. The zero-order valence-corrected chi connectivity index (χ0v) is 14.8. The number of carbonyl (C=O) groups excluding carboxylic acids is 1. The number of halogens is 3. The molecule has 0 radical (unpaired) electrons. The molecule has 142 valence electrons. The van der Waals surface area contributed by atoms with E-state index in [0.29, 0.717) is 17.5 Å². The Bertz CT molecular complexity index is 1100. The number of hydrogen-bond donors (Lipinski definition) is 0. The first-order chi connectivity index (χ1) is 12.7. The van der Waals surface area contributed by atoms with Gasteiger partial charge >= 0.3 is 12.1 Å². The van der Waals surface area contributed by atoms with Crippen LogP contribution >= 0.6 is 0 Å². The van der Waals surface area contributed by atoms with Crippen molar-refractivity contribution in [1.82, 2.24) is 3.97 Å². The van der Waals surface area contributed by atoms with Gasteiger partial charge in [0.2, 0.25) is 0 Å². The van der Waals surface area contributed by atoms with E-state index < -0.39 is 27.7 Å². The average Bonchev–Trinajstić information content (AvgIpc) is 3.02. The van der Waals surface area contributed by atoms with E-state index >= 15 is 0 Å². The van der Waals surface area contributed by atoms with Crippen molar-refractivity contribution in [2.24, 2.45) is 0 Å². The van der Waals surface area contributed by atoms with E-state index in [4.69, 9.17) is 4.74 Å².